The van der Waals surface area contributed by atoms with Crippen LogP contribution < -0.4 is 11.1 Å². The normalized spacial score (nSPS) is 10.8. The summed E-state index contributed by atoms with van der Waals surface area (Å²) in [5, 5.41) is 8.33. The van der Waals surface area contributed by atoms with Gasteiger partial charge in [0.15, 0.2) is 5.78 Å². The standard InChI is InChI=1S/C18H18BN3O3/c1-21-16-13(17(24)25-2)4-3-5-14(16)22(18(21)20)10-15(23)11-6-8-12(19)9-7-11/h3-9,20H,10,19H2,1-2H3. The summed E-state index contributed by atoms with van der Waals surface area (Å²) < 4.78 is 8.01. The fourth-order valence-electron chi connectivity index (χ4n) is 2.91. The third-order valence-electron chi connectivity index (χ3n) is 4.29. The number of imidazole rings is 1. The number of nitrogens with one attached hydrogen (secondary N) is 1. The summed E-state index contributed by atoms with van der Waals surface area (Å²) in [5.74, 6) is -0.558. The van der Waals surface area contributed by atoms with Crippen molar-refractivity contribution in [1.29, 1.82) is 5.41 Å². The minimum Gasteiger partial charge on any atom is -0.465 e. The number of aromatic nitrogens is 2. The molecule has 6 nitrogen and oxygen atoms in total. The highest BCUT2D eigenvalue weighted by Crippen LogP contribution is 2.19. The van der Waals surface area contributed by atoms with Crippen LogP contribution in [0.1, 0.15) is 20.7 Å². The summed E-state index contributed by atoms with van der Waals surface area (Å²) in [6.07, 6.45) is 0. The SMILES string of the molecule is Bc1ccc(C(=O)Cn2c(=N)n(C)c3c(C(=O)OC)cccc32)cc1. The van der Waals surface area contributed by atoms with E-state index in [1.807, 2.05) is 20.0 Å². The van der Waals surface area contributed by atoms with Gasteiger partial charge in [-0.1, -0.05) is 35.8 Å². The van der Waals surface area contributed by atoms with Gasteiger partial charge in [0, 0.05) is 12.6 Å². The molecule has 0 aliphatic carbocycles. The van der Waals surface area contributed by atoms with E-state index in [-0.39, 0.29) is 17.9 Å². The highest BCUT2D eigenvalue weighted by Gasteiger charge is 2.18. The Labute approximate surface area is 145 Å². The van der Waals surface area contributed by atoms with Crippen molar-refractivity contribution in [1.82, 2.24) is 9.13 Å². The molecule has 0 aliphatic rings. The van der Waals surface area contributed by atoms with Crippen LogP contribution in [0.5, 0.6) is 0 Å². The van der Waals surface area contributed by atoms with Gasteiger partial charge in [-0.2, -0.15) is 0 Å². The van der Waals surface area contributed by atoms with Crippen molar-refractivity contribution >= 4 is 36.1 Å². The van der Waals surface area contributed by atoms with Gasteiger partial charge < -0.3 is 13.9 Å². The Morgan fingerprint density at radius 3 is 2.48 bits per heavy atom. The Morgan fingerprint density at radius 2 is 1.84 bits per heavy atom. The van der Waals surface area contributed by atoms with E-state index in [0.29, 0.717) is 22.2 Å². The van der Waals surface area contributed by atoms with Gasteiger partial charge in [0.1, 0.15) is 7.85 Å². The summed E-state index contributed by atoms with van der Waals surface area (Å²) >= 11 is 0. The molecule has 0 bridgehead atoms. The molecular formula is C18H18BN3O3. The number of ketones is 1. The molecule has 0 atom stereocenters. The minimum absolute atomic E-state index is 0.0316. The van der Waals surface area contributed by atoms with E-state index in [4.69, 9.17) is 10.1 Å². The molecule has 25 heavy (non-hydrogen) atoms. The lowest BCUT2D eigenvalue weighted by atomic mass is 9.94. The quantitative estimate of drug-likeness (QED) is 0.426. The molecule has 126 valence electrons. The monoisotopic (exact) mass is 335 g/mol. The van der Waals surface area contributed by atoms with Gasteiger partial charge in [0.2, 0.25) is 5.62 Å². The van der Waals surface area contributed by atoms with Gasteiger partial charge in [0.05, 0.1) is 30.3 Å². The second kappa shape index (κ2) is 6.43. The molecule has 0 spiro atoms. The third kappa shape index (κ3) is 2.89. The number of nitrogens with zero attached hydrogens (tertiary/aromatic N) is 2. The molecule has 7 heteroatoms. The number of Topliss-reactive ketones (excluding diaryl/α,β-unsaturated/α-hetero) is 1. The summed E-state index contributed by atoms with van der Waals surface area (Å²) in [5.41, 5.74) is 3.42. The van der Waals surface area contributed by atoms with Crippen LogP contribution in [0.2, 0.25) is 0 Å². The van der Waals surface area contributed by atoms with Crippen molar-refractivity contribution in [3.63, 3.8) is 0 Å². The number of benzene rings is 2. The van der Waals surface area contributed by atoms with E-state index in [9.17, 15) is 9.59 Å². The van der Waals surface area contributed by atoms with E-state index in [1.165, 1.54) is 7.11 Å². The van der Waals surface area contributed by atoms with E-state index in [2.05, 4.69) is 0 Å². The lowest BCUT2D eigenvalue weighted by molar-refractivity contribution is 0.0602. The highest BCUT2D eigenvalue weighted by molar-refractivity contribution is 6.32. The predicted octanol–water partition coefficient (Wildman–Crippen LogP) is 0.387. The number of esters is 1. The predicted molar refractivity (Wildman–Crippen MR) is 97.1 cm³/mol. The zero-order valence-electron chi connectivity index (χ0n) is 14.4. The number of methoxy groups -OCH3 is 1. The van der Waals surface area contributed by atoms with Crippen LogP contribution in [0.25, 0.3) is 11.0 Å². The summed E-state index contributed by atoms with van der Waals surface area (Å²) in [6.45, 7) is 0.0316. The van der Waals surface area contributed by atoms with Crippen molar-refractivity contribution in [3.05, 3.63) is 59.2 Å². The first-order valence-corrected chi connectivity index (χ1v) is 7.85. The lowest BCUT2D eigenvalue weighted by Gasteiger charge is -2.05. The topological polar surface area (TPSA) is 77.1 Å². The van der Waals surface area contributed by atoms with Crippen LogP contribution in [0.15, 0.2) is 42.5 Å². The molecule has 0 saturated carbocycles. The Morgan fingerprint density at radius 1 is 1.16 bits per heavy atom. The lowest BCUT2D eigenvalue weighted by Crippen LogP contribution is -2.26. The van der Waals surface area contributed by atoms with Crippen molar-refractivity contribution < 1.29 is 14.3 Å². The number of aryl methyl sites for hydroxylation is 1. The van der Waals surface area contributed by atoms with Gasteiger partial charge in [0.25, 0.3) is 0 Å². The highest BCUT2D eigenvalue weighted by atomic mass is 16.5. The van der Waals surface area contributed by atoms with Crippen LogP contribution in [-0.2, 0) is 18.3 Å². The molecule has 0 saturated heterocycles. The fraction of sp³-hybridized carbons (Fsp3) is 0.167. The van der Waals surface area contributed by atoms with E-state index in [0.717, 1.165) is 5.46 Å². The molecule has 1 aromatic heterocycles. The molecule has 0 amide bonds. The van der Waals surface area contributed by atoms with E-state index >= 15 is 0 Å². The van der Waals surface area contributed by atoms with E-state index < -0.39 is 5.97 Å². The zero-order valence-corrected chi connectivity index (χ0v) is 14.4. The number of hydrogen-bond donors (Lipinski definition) is 1. The largest absolute Gasteiger partial charge is 0.465 e. The molecule has 2 aromatic carbocycles. The van der Waals surface area contributed by atoms with Gasteiger partial charge in [-0.3, -0.25) is 10.2 Å². The second-order valence-corrected chi connectivity index (χ2v) is 5.92. The first-order valence-electron chi connectivity index (χ1n) is 7.85. The number of carbonyl (C=O) groups is 2. The maximum absolute atomic E-state index is 12.6. The number of fused-ring (bicyclic) bond motifs is 1. The van der Waals surface area contributed by atoms with Crippen molar-refractivity contribution in [3.8, 4) is 0 Å². The molecule has 0 fully saturated rings. The first kappa shape index (κ1) is 16.8. The summed E-state index contributed by atoms with van der Waals surface area (Å²) in [7, 11) is 4.98. The van der Waals surface area contributed by atoms with Crippen molar-refractivity contribution in [2.24, 2.45) is 7.05 Å². The summed E-state index contributed by atoms with van der Waals surface area (Å²) in [6, 6.07) is 12.5. The number of para-hydroxylation sites is 1. The smallest absolute Gasteiger partial charge is 0.340 e. The average molecular weight is 335 g/mol. The van der Waals surface area contributed by atoms with Crippen LogP contribution in [0.4, 0.5) is 0 Å². The van der Waals surface area contributed by atoms with Gasteiger partial charge >= 0.3 is 5.97 Å². The molecule has 3 aromatic rings. The first-order chi connectivity index (χ1) is 11.9. The zero-order chi connectivity index (χ0) is 18.1. The molecular weight excluding hydrogens is 317 g/mol. The Hall–Kier alpha value is -3.09. The maximum atomic E-state index is 12.6. The Bertz CT molecular complexity index is 1030. The number of rotatable bonds is 4. The van der Waals surface area contributed by atoms with Gasteiger partial charge in [-0.05, 0) is 12.1 Å². The average Bonchev–Trinajstić information content (AvgIpc) is 2.86. The van der Waals surface area contributed by atoms with Crippen LogP contribution in [-0.4, -0.2) is 35.8 Å². The minimum atomic E-state index is -0.469. The molecule has 0 radical (unpaired) electrons. The Balaban J connectivity index is 2.10. The van der Waals surface area contributed by atoms with Gasteiger partial charge in [-0.25, -0.2) is 4.79 Å². The Kier molecular flexibility index (Phi) is 4.31. The van der Waals surface area contributed by atoms with Crippen LogP contribution in [0, 0.1) is 5.41 Å². The van der Waals surface area contributed by atoms with Crippen LogP contribution >= 0.6 is 0 Å². The van der Waals surface area contributed by atoms with E-state index in [1.54, 1.807) is 46.5 Å². The fourth-order valence-corrected chi connectivity index (χ4v) is 2.91. The molecule has 0 unspecified atom stereocenters. The molecule has 1 heterocycles. The number of carbonyl (C=O) groups excluding carboxylic acids is 2. The van der Waals surface area contributed by atoms with Crippen LogP contribution in [0.3, 0.4) is 0 Å². The van der Waals surface area contributed by atoms with Crippen molar-refractivity contribution in [2.45, 2.75) is 6.54 Å². The van der Waals surface area contributed by atoms with Crippen molar-refractivity contribution in [2.75, 3.05) is 7.11 Å². The number of hydrogen-bond acceptors (Lipinski definition) is 4. The molecule has 0 aliphatic heterocycles. The molecule has 3 rings (SSSR count). The number of ether oxygens (including phenoxy) is 1. The maximum Gasteiger partial charge on any atom is 0.340 e. The summed E-state index contributed by atoms with van der Waals surface area (Å²) in [4.78, 5) is 24.6. The molecule has 1 N–H and O–H groups in total. The van der Waals surface area contributed by atoms with Gasteiger partial charge in [-0.15, -0.1) is 0 Å². The third-order valence-corrected chi connectivity index (χ3v) is 4.29. The second-order valence-electron chi connectivity index (χ2n) is 5.92.